The predicted octanol–water partition coefficient (Wildman–Crippen LogP) is 2.91. The first kappa shape index (κ1) is 15.8. The molecule has 0 spiro atoms. The van der Waals surface area contributed by atoms with Gasteiger partial charge in [0.15, 0.2) is 17.1 Å². The van der Waals surface area contributed by atoms with Gasteiger partial charge in [0.05, 0.1) is 19.7 Å². The minimum atomic E-state index is -0.473. The van der Waals surface area contributed by atoms with Crippen molar-refractivity contribution >= 4 is 23.0 Å². The third kappa shape index (κ3) is 2.77. The monoisotopic (exact) mass is 356 g/mol. The summed E-state index contributed by atoms with van der Waals surface area (Å²) in [6, 6.07) is 6.15. The molecule has 2 N–H and O–H groups in total. The highest BCUT2D eigenvalue weighted by molar-refractivity contribution is 5.82. The fraction of sp³-hybridized carbons (Fsp3) is 0.125. The molecule has 0 unspecified atom stereocenters. The molecule has 3 aromatic heterocycles. The highest BCUT2D eigenvalue weighted by atomic mass is 19.1. The number of aromatic nitrogens is 5. The van der Waals surface area contributed by atoms with Gasteiger partial charge in [-0.1, -0.05) is 5.10 Å². The van der Waals surface area contributed by atoms with Crippen molar-refractivity contribution in [1.82, 2.24) is 25.1 Å². The van der Waals surface area contributed by atoms with Crippen LogP contribution in [0.2, 0.25) is 0 Å². The van der Waals surface area contributed by atoms with Gasteiger partial charge in [-0.25, -0.2) is 14.4 Å². The van der Waals surface area contributed by atoms with Crippen molar-refractivity contribution in [2.45, 2.75) is 0 Å². The zero-order valence-corrected chi connectivity index (χ0v) is 13.8. The van der Waals surface area contributed by atoms with Crippen LogP contribution < -0.4 is 14.8 Å². The zero-order valence-electron chi connectivity index (χ0n) is 13.8. The van der Waals surface area contributed by atoms with Gasteiger partial charge >= 0.3 is 6.01 Å². The number of anilines is 2. The summed E-state index contributed by atoms with van der Waals surface area (Å²) >= 11 is 0. The molecule has 10 heteroatoms. The smallest absolute Gasteiger partial charge is 0.322 e. The van der Waals surface area contributed by atoms with Crippen molar-refractivity contribution in [3.63, 3.8) is 0 Å². The summed E-state index contributed by atoms with van der Waals surface area (Å²) < 4.78 is 29.2. The summed E-state index contributed by atoms with van der Waals surface area (Å²) in [4.78, 5) is 11.5. The molecule has 0 aliphatic heterocycles. The second-order valence-electron chi connectivity index (χ2n) is 5.19. The number of H-pyrrole nitrogens is 1. The fourth-order valence-corrected chi connectivity index (χ4v) is 2.40. The molecule has 0 fully saturated rings. The van der Waals surface area contributed by atoms with E-state index in [1.54, 1.807) is 12.3 Å². The number of nitrogens with zero attached hydrogens (tertiary/aromatic N) is 4. The molecule has 1 aromatic carbocycles. The minimum Gasteiger partial charge on any atom is -0.494 e. The van der Waals surface area contributed by atoms with E-state index in [0.717, 1.165) is 5.52 Å². The molecular formula is C16H13FN6O3. The molecule has 3 heterocycles. The van der Waals surface area contributed by atoms with Crippen LogP contribution in [-0.2, 0) is 0 Å². The molecular weight excluding hydrogens is 343 g/mol. The van der Waals surface area contributed by atoms with Crippen molar-refractivity contribution in [3.8, 4) is 23.1 Å². The van der Waals surface area contributed by atoms with E-state index >= 15 is 0 Å². The molecule has 9 nitrogen and oxygen atoms in total. The Labute approximate surface area is 146 Å². The Balaban J connectivity index is 1.61. The Morgan fingerprint density at radius 3 is 2.85 bits per heavy atom. The summed E-state index contributed by atoms with van der Waals surface area (Å²) in [7, 11) is 2.90. The molecule has 0 aliphatic rings. The first-order chi connectivity index (χ1) is 12.7. The number of hydrogen-bond acceptors (Lipinski definition) is 8. The van der Waals surface area contributed by atoms with Gasteiger partial charge in [-0.3, -0.25) is 5.32 Å². The molecule has 0 saturated carbocycles. The molecule has 0 saturated heterocycles. The molecule has 0 radical (unpaired) electrons. The van der Waals surface area contributed by atoms with Crippen LogP contribution in [0.4, 0.5) is 16.4 Å². The Morgan fingerprint density at radius 1 is 1.15 bits per heavy atom. The molecule has 4 rings (SSSR count). The molecule has 26 heavy (non-hydrogen) atoms. The summed E-state index contributed by atoms with van der Waals surface area (Å²) in [6.45, 7) is 0. The van der Waals surface area contributed by atoms with E-state index in [0.29, 0.717) is 22.9 Å². The van der Waals surface area contributed by atoms with Crippen molar-refractivity contribution in [3.05, 3.63) is 36.3 Å². The minimum absolute atomic E-state index is 0.0899. The normalized spacial score (nSPS) is 10.9. The van der Waals surface area contributed by atoms with Gasteiger partial charge in [-0.15, -0.1) is 5.10 Å². The number of aromatic amines is 1. The molecule has 0 aliphatic carbocycles. The summed E-state index contributed by atoms with van der Waals surface area (Å²) in [5, 5.41) is 10.7. The SMILES string of the molecule is COc1cc(-c2nnc(Nc3nc4c(OC)nccc4[nH]3)o2)ccc1F. The maximum Gasteiger partial charge on any atom is 0.322 e. The van der Waals surface area contributed by atoms with Crippen LogP contribution in [-0.4, -0.2) is 39.4 Å². The first-order valence-corrected chi connectivity index (χ1v) is 7.51. The van der Waals surface area contributed by atoms with Crippen LogP contribution >= 0.6 is 0 Å². The summed E-state index contributed by atoms with van der Waals surface area (Å²) in [5.74, 6) is 0.613. The number of fused-ring (bicyclic) bond motifs is 1. The molecule has 0 bridgehead atoms. The third-order valence-corrected chi connectivity index (χ3v) is 3.61. The van der Waals surface area contributed by atoms with Gasteiger partial charge in [-0.2, -0.15) is 0 Å². The fourth-order valence-electron chi connectivity index (χ4n) is 2.40. The van der Waals surface area contributed by atoms with Crippen LogP contribution in [0.15, 0.2) is 34.9 Å². The van der Waals surface area contributed by atoms with Crippen LogP contribution in [0, 0.1) is 5.82 Å². The zero-order chi connectivity index (χ0) is 18.1. The van der Waals surface area contributed by atoms with Crippen molar-refractivity contribution in [1.29, 1.82) is 0 Å². The maximum absolute atomic E-state index is 13.5. The maximum atomic E-state index is 13.5. The van der Waals surface area contributed by atoms with Gasteiger partial charge in [0.2, 0.25) is 17.7 Å². The lowest BCUT2D eigenvalue weighted by Gasteiger charge is -2.02. The van der Waals surface area contributed by atoms with Crippen molar-refractivity contribution in [2.24, 2.45) is 0 Å². The first-order valence-electron chi connectivity index (χ1n) is 7.51. The van der Waals surface area contributed by atoms with E-state index < -0.39 is 5.82 Å². The van der Waals surface area contributed by atoms with Gasteiger partial charge in [0, 0.05) is 11.8 Å². The van der Waals surface area contributed by atoms with Gasteiger partial charge < -0.3 is 18.9 Å². The van der Waals surface area contributed by atoms with Gasteiger partial charge in [0.25, 0.3) is 0 Å². The quantitative estimate of drug-likeness (QED) is 0.561. The summed E-state index contributed by atoms with van der Waals surface area (Å²) in [5.41, 5.74) is 1.84. The third-order valence-electron chi connectivity index (χ3n) is 3.61. The van der Waals surface area contributed by atoms with E-state index in [1.165, 1.54) is 32.4 Å². The number of nitrogens with one attached hydrogen (secondary N) is 2. The lowest BCUT2D eigenvalue weighted by atomic mass is 10.2. The molecule has 132 valence electrons. The Kier molecular flexibility index (Phi) is 3.84. The predicted molar refractivity (Wildman–Crippen MR) is 90.0 cm³/mol. The standard InChI is InChI=1S/C16H13FN6O3/c1-24-11-7-8(3-4-9(11)17)13-22-23-16(26-13)21-15-19-10-5-6-18-14(25-2)12(10)20-15/h3-7H,1-2H3,(H2,19,20,21,23). The largest absolute Gasteiger partial charge is 0.494 e. The number of pyridine rings is 1. The Morgan fingerprint density at radius 2 is 2.04 bits per heavy atom. The molecule has 0 amide bonds. The topological polar surface area (TPSA) is 111 Å². The average molecular weight is 356 g/mol. The number of benzene rings is 1. The Bertz CT molecular complexity index is 1080. The van der Waals surface area contributed by atoms with Gasteiger partial charge in [0.1, 0.15) is 0 Å². The second-order valence-corrected chi connectivity index (χ2v) is 5.19. The van der Waals surface area contributed by atoms with E-state index in [1.807, 2.05) is 0 Å². The highest BCUT2D eigenvalue weighted by Crippen LogP contribution is 2.28. The van der Waals surface area contributed by atoms with Gasteiger partial charge in [-0.05, 0) is 24.3 Å². The second kappa shape index (κ2) is 6.31. The number of imidazole rings is 1. The number of methoxy groups -OCH3 is 2. The van der Waals surface area contributed by atoms with E-state index in [2.05, 4.69) is 30.5 Å². The number of halogens is 1. The molecule has 0 atom stereocenters. The number of hydrogen-bond donors (Lipinski definition) is 2. The van der Waals surface area contributed by atoms with Crippen molar-refractivity contribution < 1.29 is 18.3 Å². The number of rotatable bonds is 5. The lowest BCUT2D eigenvalue weighted by Crippen LogP contribution is -1.92. The van der Waals surface area contributed by atoms with Crippen molar-refractivity contribution in [2.75, 3.05) is 19.5 Å². The number of ether oxygens (including phenoxy) is 2. The molecule has 4 aromatic rings. The van der Waals surface area contributed by atoms with E-state index in [9.17, 15) is 4.39 Å². The van der Waals surface area contributed by atoms with Crippen LogP contribution in [0.3, 0.4) is 0 Å². The van der Waals surface area contributed by atoms with Crippen LogP contribution in [0.1, 0.15) is 0 Å². The lowest BCUT2D eigenvalue weighted by molar-refractivity contribution is 0.386. The van der Waals surface area contributed by atoms with E-state index in [-0.39, 0.29) is 17.7 Å². The highest BCUT2D eigenvalue weighted by Gasteiger charge is 2.14. The summed E-state index contributed by atoms with van der Waals surface area (Å²) in [6.07, 6.45) is 1.61. The van der Waals surface area contributed by atoms with E-state index in [4.69, 9.17) is 13.9 Å². The average Bonchev–Trinajstić information content (AvgIpc) is 3.28. The Hall–Kier alpha value is -3.69. The van der Waals surface area contributed by atoms with Crippen LogP contribution in [0.25, 0.3) is 22.5 Å². The van der Waals surface area contributed by atoms with Crippen LogP contribution in [0.5, 0.6) is 11.6 Å².